The van der Waals surface area contributed by atoms with Gasteiger partial charge in [0.1, 0.15) is 17.4 Å². The Kier molecular flexibility index (Phi) is 6.18. The lowest BCUT2D eigenvalue weighted by Crippen LogP contribution is -2.37. The molecule has 2 N–H and O–H groups in total. The highest BCUT2D eigenvalue weighted by Crippen LogP contribution is 2.34. The number of hydrogen-bond acceptors (Lipinski definition) is 5. The van der Waals surface area contributed by atoms with Gasteiger partial charge in [0.15, 0.2) is 5.82 Å². The Morgan fingerprint density at radius 2 is 1.89 bits per heavy atom. The minimum atomic E-state index is -4.83. The second kappa shape index (κ2) is 9.34. The van der Waals surface area contributed by atoms with E-state index in [0.29, 0.717) is 54.4 Å². The Morgan fingerprint density at radius 1 is 1.11 bits per heavy atom. The van der Waals surface area contributed by atoms with E-state index >= 15 is 0 Å². The summed E-state index contributed by atoms with van der Waals surface area (Å²) in [6.07, 6.45) is -4.28. The number of aromatic nitrogens is 2. The topological polar surface area (TPSA) is 78.4 Å². The first-order valence-corrected chi connectivity index (χ1v) is 11.6. The van der Waals surface area contributed by atoms with E-state index in [1.54, 1.807) is 24.3 Å². The molecule has 0 bridgehead atoms. The van der Waals surface area contributed by atoms with E-state index in [1.807, 2.05) is 30.0 Å². The predicted octanol–water partition coefficient (Wildman–Crippen LogP) is 5.97. The van der Waals surface area contributed by atoms with Crippen LogP contribution in [-0.2, 0) is 6.18 Å². The molecule has 194 valence electrons. The average molecular weight is 515 g/mol. The maximum absolute atomic E-state index is 13.9. The molecular formula is C27H26F4N4O2. The van der Waals surface area contributed by atoms with Crippen LogP contribution in [0.2, 0.25) is 0 Å². The summed E-state index contributed by atoms with van der Waals surface area (Å²) in [5.41, 5.74) is 0.600. The number of halogens is 4. The van der Waals surface area contributed by atoms with Crippen LogP contribution < -0.4 is 10.2 Å². The Bertz CT molecular complexity index is 1520. The number of fused-ring (bicyclic) bond motifs is 1. The molecule has 1 fully saturated rings. The van der Waals surface area contributed by atoms with Gasteiger partial charge in [-0.05, 0) is 61.4 Å². The zero-order valence-corrected chi connectivity index (χ0v) is 19.7. The number of carbonyl (C=O) groups is 1. The van der Waals surface area contributed by atoms with Crippen LogP contribution in [0.15, 0.2) is 60.7 Å². The summed E-state index contributed by atoms with van der Waals surface area (Å²) in [5.74, 6) is -1.10. The molecule has 0 aliphatic carbocycles. The van der Waals surface area contributed by atoms with Crippen LogP contribution in [0.5, 0.6) is 5.75 Å². The van der Waals surface area contributed by atoms with Crippen LogP contribution in [0, 0.1) is 12.7 Å². The molecule has 0 radical (unpaired) electrons. The standard InChI is InChI=1S/C27H22F4N4O2.2H2/c1-15-6-8-18-22(12-15)33-24(19-4-2-3-5-23(19)36)34-25(18)35-11-10-17(14-35)32-26(37)16-7-9-20(21(28)13-16)27(29,30)31;;/h2-9,12-13,17,36H,10-11,14H2,1H3,(H,32,37);2*1H/t17-;;/m1../s1. The molecule has 1 atom stereocenters. The Balaban J connectivity index is 0.00000210. The van der Waals surface area contributed by atoms with Crippen molar-refractivity contribution in [3.63, 3.8) is 0 Å². The van der Waals surface area contributed by atoms with Gasteiger partial charge in [-0.1, -0.05) is 18.2 Å². The van der Waals surface area contributed by atoms with Gasteiger partial charge in [-0.15, -0.1) is 0 Å². The quantitative estimate of drug-likeness (QED) is 0.328. The molecule has 1 saturated heterocycles. The van der Waals surface area contributed by atoms with Crippen LogP contribution in [-0.4, -0.2) is 40.1 Å². The third-order valence-electron chi connectivity index (χ3n) is 6.34. The van der Waals surface area contributed by atoms with E-state index in [9.17, 15) is 27.5 Å². The Morgan fingerprint density at radius 3 is 2.62 bits per heavy atom. The Labute approximate surface area is 212 Å². The third kappa shape index (κ3) is 4.91. The van der Waals surface area contributed by atoms with Crippen molar-refractivity contribution >= 4 is 22.6 Å². The van der Waals surface area contributed by atoms with E-state index < -0.39 is 23.5 Å². The first-order chi connectivity index (χ1) is 17.6. The van der Waals surface area contributed by atoms with Gasteiger partial charge in [0.2, 0.25) is 0 Å². The number of nitrogens with zero attached hydrogens (tertiary/aromatic N) is 3. The van der Waals surface area contributed by atoms with Gasteiger partial charge >= 0.3 is 6.18 Å². The van der Waals surface area contributed by atoms with Crippen molar-refractivity contribution in [2.45, 2.75) is 25.6 Å². The van der Waals surface area contributed by atoms with Crippen molar-refractivity contribution in [2.75, 3.05) is 18.0 Å². The fourth-order valence-electron chi connectivity index (χ4n) is 4.47. The van der Waals surface area contributed by atoms with Gasteiger partial charge < -0.3 is 15.3 Å². The molecular weight excluding hydrogens is 488 g/mol. The van der Waals surface area contributed by atoms with Crippen molar-refractivity contribution in [3.8, 4) is 17.1 Å². The number of hydrogen-bond donors (Lipinski definition) is 2. The normalized spacial score (nSPS) is 15.8. The van der Waals surface area contributed by atoms with E-state index in [4.69, 9.17) is 4.98 Å². The van der Waals surface area contributed by atoms with E-state index in [-0.39, 0.29) is 20.2 Å². The molecule has 2 heterocycles. The van der Waals surface area contributed by atoms with Crippen molar-refractivity contribution < 1.29 is 30.3 Å². The van der Waals surface area contributed by atoms with Gasteiger partial charge in [0, 0.05) is 32.9 Å². The number of phenols is 1. The van der Waals surface area contributed by atoms with Crippen molar-refractivity contribution in [1.82, 2.24) is 15.3 Å². The number of anilines is 1. The second-order valence-corrected chi connectivity index (χ2v) is 9.01. The lowest BCUT2D eigenvalue weighted by molar-refractivity contribution is -0.140. The molecule has 0 saturated carbocycles. The molecule has 1 aliphatic rings. The monoisotopic (exact) mass is 514 g/mol. The molecule has 1 amide bonds. The van der Waals surface area contributed by atoms with Crippen LogP contribution >= 0.6 is 0 Å². The van der Waals surface area contributed by atoms with Crippen LogP contribution in [0.1, 0.15) is 30.8 Å². The maximum Gasteiger partial charge on any atom is 0.419 e. The lowest BCUT2D eigenvalue weighted by atomic mass is 10.1. The molecule has 5 rings (SSSR count). The number of aromatic hydroxyl groups is 1. The molecule has 37 heavy (non-hydrogen) atoms. The van der Waals surface area contributed by atoms with Gasteiger partial charge in [0.05, 0.1) is 16.6 Å². The van der Waals surface area contributed by atoms with Gasteiger partial charge in [0.25, 0.3) is 5.91 Å². The van der Waals surface area contributed by atoms with Crippen molar-refractivity contribution in [3.05, 3.63) is 83.2 Å². The van der Waals surface area contributed by atoms with Crippen LogP contribution in [0.4, 0.5) is 23.4 Å². The zero-order valence-electron chi connectivity index (χ0n) is 19.7. The van der Waals surface area contributed by atoms with Gasteiger partial charge in [-0.3, -0.25) is 4.79 Å². The molecule has 6 nitrogen and oxygen atoms in total. The minimum Gasteiger partial charge on any atom is -0.507 e. The maximum atomic E-state index is 13.9. The summed E-state index contributed by atoms with van der Waals surface area (Å²) in [7, 11) is 0. The highest BCUT2D eigenvalue weighted by molar-refractivity contribution is 5.95. The number of phenolic OH excluding ortho intramolecular Hbond substituents is 1. The molecule has 3 aromatic carbocycles. The van der Waals surface area contributed by atoms with Gasteiger partial charge in [-0.25, -0.2) is 14.4 Å². The fraction of sp³-hybridized carbons (Fsp3) is 0.222. The number of rotatable bonds is 4. The van der Waals surface area contributed by atoms with Crippen molar-refractivity contribution in [2.24, 2.45) is 0 Å². The van der Waals surface area contributed by atoms with Gasteiger partial charge in [-0.2, -0.15) is 13.2 Å². The number of aryl methyl sites for hydroxylation is 1. The highest BCUT2D eigenvalue weighted by atomic mass is 19.4. The largest absolute Gasteiger partial charge is 0.507 e. The lowest BCUT2D eigenvalue weighted by Gasteiger charge is -2.21. The number of amides is 1. The first kappa shape index (κ1) is 24.5. The molecule has 1 aliphatic heterocycles. The number of nitrogens with one attached hydrogen (secondary N) is 1. The SMILES string of the molecule is Cc1ccc2c(N3CC[C@@H](NC(=O)c4ccc(C(F)(F)F)c(F)c4)C3)nc(-c3ccccc3O)nc2c1.[HH].[HH]. The minimum absolute atomic E-state index is 0. The molecule has 4 aromatic rings. The average Bonchev–Trinajstić information content (AvgIpc) is 3.30. The van der Waals surface area contributed by atoms with E-state index in [0.717, 1.165) is 17.0 Å². The van der Waals surface area contributed by atoms with E-state index in [1.165, 1.54) is 0 Å². The smallest absolute Gasteiger partial charge is 0.419 e. The van der Waals surface area contributed by atoms with E-state index in [2.05, 4.69) is 10.3 Å². The number of para-hydroxylation sites is 1. The van der Waals surface area contributed by atoms with Crippen molar-refractivity contribution in [1.29, 1.82) is 0 Å². The summed E-state index contributed by atoms with van der Waals surface area (Å²) in [6, 6.07) is 14.4. The summed E-state index contributed by atoms with van der Waals surface area (Å²) in [6.45, 7) is 2.88. The summed E-state index contributed by atoms with van der Waals surface area (Å²) < 4.78 is 52.5. The first-order valence-electron chi connectivity index (χ1n) is 11.6. The molecule has 10 heteroatoms. The fourth-order valence-corrected chi connectivity index (χ4v) is 4.47. The molecule has 0 spiro atoms. The highest BCUT2D eigenvalue weighted by Gasteiger charge is 2.34. The molecule has 1 aromatic heterocycles. The second-order valence-electron chi connectivity index (χ2n) is 9.01. The predicted molar refractivity (Wildman–Crippen MR) is 135 cm³/mol. The summed E-state index contributed by atoms with van der Waals surface area (Å²) in [5, 5.41) is 13.9. The third-order valence-corrected chi connectivity index (χ3v) is 6.34. The summed E-state index contributed by atoms with van der Waals surface area (Å²) in [4.78, 5) is 24.0. The van der Waals surface area contributed by atoms with Crippen LogP contribution in [0.3, 0.4) is 0 Å². The zero-order chi connectivity index (χ0) is 26.3. The Hall–Kier alpha value is -4.21. The molecule has 0 unspecified atom stereocenters. The number of carbonyl (C=O) groups excluding carboxylic acids is 1. The number of benzene rings is 3. The number of alkyl halides is 3. The van der Waals surface area contributed by atoms with Crippen LogP contribution in [0.25, 0.3) is 22.3 Å². The summed E-state index contributed by atoms with van der Waals surface area (Å²) >= 11 is 0.